The van der Waals surface area contributed by atoms with Crippen molar-refractivity contribution in [3.8, 4) is 5.69 Å². The van der Waals surface area contributed by atoms with Crippen LogP contribution in [-0.4, -0.2) is 20.5 Å². The predicted octanol–water partition coefficient (Wildman–Crippen LogP) is 1.41. The molecule has 0 bridgehead atoms. The SMILES string of the molecule is Cc1nc(C2=N[N]C=C2)nn1-c1ccccc1. The van der Waals surface area contributed by atoms with Gasteiger partial charge < -0.3 is 0 Å². The van der Waals surface area contributed by atoms with Gasteiger partial charge >= 0.3 is 0 Å². The summed E-state index contributed by atoms with van der Waals surface area (Å²) >= 11 is 0. The Balaban J connectivity index is 2.05. The van der Waals surface area contributed by atoms with Crippen molar-refractivity contribution < 1.29 is 0 Å². The van der Waals surface area contributed by atoms with E-state index in [0.29, 0.717) is 11.5 Å². The van der Waals surface area contributed by atoms with E-state index in [1.807, 2.05) is 37.3 Å². The normalized spacial score (nSPS) is 13.6. The number of para-hydroxylation sites is 1. The molecule has 2 heterocycles. The van der Waals surface area contributed by atoms with Gasteiger partial charge in [0.05, 0.1) is 11.9 Å². The molecule has 0 aliphatic carbocycles. The number of aryl methyl sites for hydroxylation is 1. The number of hydrogen-bond donors (Lipinski definition) is 0. The van der Waals surface area contributed by atoms with Gasteiger partial charge in [-0.25, -0.2) is 9.67 Å². The second-order valence-corrected chi connectivity index (χ2v) is 3.65. The molecule has 83 valence electrons. The molecule has 5 heteroatoms. The molecule has 0 spiro atoms. The minimum atomic E-state index is 0.601. The number of rotatable bonds is 2. The Bertz CT molecular complexity index is 595. The van der Waals surface area contributed by atoms with E-state index in [1.165, 1.54) is 0 Å². The van der Waals surface area contributed by atoms with Crippen molar-refractivity contribution in [2.24, 2.45) is 5.10 Å². The Morgan fingerprint density at radius 2 is 1.94 bits per heavy atom. The van der Waals surface area contributed by atoms with E-state index in [-0.39, 0.29) is 0 Å². The molecule has 1 aromatic heterocycles. The van der Waals surface area contributed by atoms with Crippen LogP contribution in [0.5, 0.6) is 0 Å². The molecule has 0 saturated heterocycles. The zero-order chi connectivity index (χ0) is 11.7. The largest absolute Gasteiger partial charge is 0.217 e. The first-order chi connectivity index (χ1) is 8.34. The van der Waals surface area contributed by atoms with Gasteiger partial charge in [-0.1, -0.05) is 18.2 Å². The van der Waals surface area contributed by atoms with Gasteiger partial charge in [0.15, 0.2) is 0 Å². The van der Waals surface area contributed by atoms with E-state index in [9.17, 15) is 0 Å². The number of benzene rings is 1. The third-order valence-corrected chi connectivity index (χ3v) is 2.46. The molecule has 5 nitrogen and oxygen atoms in total. The lowest BCUT2D eigenvalue weighted by atomic mass is 10.3. The quantitative estimate of drug-likeness (QED) is 0.774. The summed E-state index contributed by atoms with van der Waals surface area (Å²) in [6, 6.07) is 9.89. The van der Waals surface area contributed by atoms with E-state index in [2.05, 4.69) is 20.6 Å². The molecule has 1 radical (unpaired) electrons. The fourth-order valence-corrected chi connectivity index (χ4v) is 1.66. The van der Waals surface area contributed by atoms with Crippen molar-refractivity contribution in [1.29, 1.82) is 0 Å². The highest BCUT2D eigenvalue weighted by Crippen LogP contribution is 2.10. The van der Waals surface area contributed by atoms with Gasteiger partial charge in [-0.3, -0.25) is 0 Å². The maximum atomic E-state index is 4.43. The topological polar surface area (TPSA) is 57.2 Å². The van der Waals surface area contributed by atoms with Crippen LogP contribution < -0.4 is 5.43 Å². The zero-order valence-corrected chi connectivity index (χ0v) is 9.28. The molecule has 1 aromatic carbocycles. The van der Waals surface area contributed by atoms with E-state index in [4.69, 9.17) is 0 Å². The molecule has 17 heavy (non-hydrogen) atoms. The molecule has 0 amide bonds. The Hall–Kier alpha value is -2.43. The molecular formula is C12H10N5. The summed E-state index contributed by atoms with van der Waals surface area (Å²) < 4.78 is 1.80. The maximum absolute atomic E-state index is 4.43. The van der Waals surface area contributed by atoms with Crippen LogP contribution >= 0.6 is 0 Å². The summed E-state index contributed by atoms with van der Waals surface area (Å²) in [7, 11) is 0. The van der Waals surface area contributed by atoms with E-state index >= 15 is 0 Å². The van der Waals surface area contributed by atoms with Crippen molar-refractivity contribution in [3.63, 3.8) is 0 Å². The molecule has 2 aromatic rings. The zero-order valence-electron chi connectivity index (χ0n) is 9.28. The summed E-state index contributed by atoms with van der Waals surface area (Å²) in [5.74, 6) is 1.43. The van der Waals surface area contributed by atoms with Crippen molar-refractivity contribution in [2.75, 3.05) is 0 Å². The number of hydrogen-bond acceptors (Lipinski definition) is 3. The Kier molecular flexibility index (Phi) is 2.22. The summed E-state index contributed by atoms with van der Waals surface area (Å²) in [4.78, 5) is 4.38. The van der Waals surface area contributed by atoms with Gasteiger partial charge in [-0.2, -0.15) is 5.43 Å². The number of allylic oxidation sites excluding steroid dienone is 1. The molecule has 1 aliphatic rings. The van der Waals surface area contributed by atoms with Gasteiger partial charge in [0.2, 0.25) is 5.82 Å². The summed E-state index contributed by atoms with van der Waals surface area (Å²) in [5, 5.41) is 8.37. The van der Waals surface area contributed by atoms with Gasteiger partial charge in [-0.05, 0) is 25.1 Å². The van der Waals surface area contributed by atoms with Crippen molar-refractivity contribution in [1.82, 2.24) is 20.2 Å². The van der Waals surface area contributed by atoms with Crippen LogP contribution in [-0.2, 0) is 0 Å². The molecule has 1 aliphatic heterocycles. The summed E-state index contributed by atoms with van der Waals surface area (Å²) in [5.41, 5.74) is 5.46. The first-order valence-corrected chi connectivity index (χ1v) is 5.28. The van der Waals surface area contributed by atoms with E-state index < -0.39 is 0 Å². The third-order valence-electron chi connectivity index (χ3n) is 2.46. The molecule has 0 saturated carbocycles. The standard InChI is InChI=1S/C12H10N5/c1-9-14-12(11-7-8-13-15-11)16-17(9)10-5-3-2-4-6-10/h2-8H,1H3. The van der Waals surface area contributed by atoms with Crippen molar-refractivity contribution in [3.05, 3.63) is 54.3 Å². The van der Waals surface area contributed by atoms with Crippen LogP contribution in [0.4, 0.5) is 0 Å². The molecular weight excluding hydrogens is 214 g/mol. The average molecular weight is 224 g/mol. The Labute approximate surface area is 98.5 Å². The average Bonchev–Trinajstić information content (AvgIpc) is 2.99. The lowest BCUT2D eigenvalue weighted by molar-refractivity contribution is 0.838. The summed E-state index contributed by atoms with van der Waals surface area (Å²) in [6.45, 7) is 1.92. The second kappa shape index (κ2) is 3.86. The first-order valence-electron chi connectivity index (χ1n) is 5.28. The lowest BCUT2D eigenvalue weighted by Gasteiger charge is -2.00. The van der Waals surface area contributed by atoms with Gasteiger partial charge in [0, 0.05) is 0 Å². The minimum Gasteiger partial charge on any atom is -0.217 e. The van der Waals surface area contributed by atoms with Gasteiger partial charge in [0.25, 0.3) is 0 Å². The highest BCUT2D eigenvalue weighted by Gasteiger charge is 2.13. The minimum absolute atomic E-state index is 0.601. The smallest absolute Gasteiger partial charge is 0.202 e. The first kappa shape index (κ1) is 9.77. The van der Waals surface area contributed by atoms with Crippen molar-refractivity contribution >= 4 is 5.71 Å². The monoisotopic (exact) mass is 224 g/mol. The van der Waals surface area contributed by atoms with Gasteiger partial charge in [0.1, 0.15) is 11.5 Å². The van der Waals surface area contributed by atoms with E-state index in [1.54, 1.807) is 17.0 Å². The Morgan fingerprint density at radius 1 is 1.12 bits per heavy atom. The number of nitrogens with zero attached hydrogens (tertiary/aromatic N) is 5. The van der Waals surface area contributed by atoms with Crippen molar-refractivity contribution in [2.45, 2.75) is 6.92 Å². The fraction of sp³-hybridized carbons (Fsp3) is 0.0833. The molecule has 0 N–H and O–H groups in total. The van der Waals surface area contributed by atoms with Crippen LogP contribution in [0.25, 0.3) is 5.69 Å². The third kappa shape index (κ3) is 1.71. The molecule has 0 atom stereocenters. The fourth-order valence-electron chi connectivity index (χ4n) is 1.66. The van der Waals surface area contributed by atoms with Crippen LogP contribution in [0.15, 0.2) is 47.7 Å². The van der Waals surface area contributed by atoms with Gasteiger partial charge in [-0.15, -0.1) is 10.2 Å². The maximum Gasteiger partial charge on any atom is 0.202 e. The van der Waals surface area contributed by atoms with Crippen LogP contribution in [0, 0.1) is 6.92 Å². The molecule has 3 rings (SSSR count). The molecule has 0 unspecified atom stereocenters. The predicted molar refractivity (Wildman–Crippen MR) is 63.9 cm³/mol. The number of aromatic nitrogens is 3. The van der Waals surface area contributed by atoms with Crippen LogP contribution in [0.3, 0.4) is 0 Å². The summed E-state index contributed by atoms with van der Waals surface area (Å²) in [6.07, 6.45) is 3.43. The van der Waals surface area contributed by atoms with Crippen LogP contribution in [0.2, 0.25) is 0 Å². The highest BCUT2D eigenvalue weighted by atomic mass is 15.4. The van der Waals surface area contributed by atoms with E-state index in [0.717, 1.165) is 11.5 Å². The van der Waals surface area contributed by atoms with Crippen LogP contribution in [0.1, 0.15) is 11.6 Å². The lowest BCUT2D eigenvalue weighted by Crippen LogP contribution is -2.01. The highest BCUT2D eigenvalue weighted by molar-refractivity contribution is 6.06. The Morgan fingerprint density at radius 3 is 2.65 bits per heavy atom. The second-order valence-electron chi connectivity index (χ2n) is 3.65. The molecule has 0 fully saturated rings.